The van der Waals surface area contributed by atoms with Gasteiger partial charge in [-0.15, -0.1) is 0 Å². The van der Waals surface area contributed by atoms with E-state index in [9.17, 15) is 9.59 Å². The van der Waals surface area contributed by atoms with Crippen LogP contribution >= 0.6 is 31.9 Å². The molecule has 2 aromatic rings. The van der Waals surface area contributed by atoms with Crippen LogP contribution < -0.4 is 9.47 Å². The zero-order valence-corrected chi connectivity index (χ0v) is 15.9. The highest BCUT2D eigenvalue weighted by molar-refractivity contribution is 9.09. The second kappa shape index (κ2) is 7.49. The Balaban J connectivity index is 2.18. The molecule has 3 rings (SSSR count). The fourth-order valence-electron chi connectivity index (χ4n) is 2.70. The number of carbonyl (C=O) groups excluding carboxylic acids is 2. The van der Waals surface area contributed by atoms with E-state index in [-0.39, 0.29) is 22.7 Å². The summed E-state index contributed by atoms with van der Waals surface area (Å²) >= 11 is 6.60. The first-order chi connectivity index (χ1) is 11.7. The predicted octanol–water partition coefficient (Wildman–Crippen LogP) is 4.01. The Morgan fingerprint density at radius 2 is 1.12 bits per heavy atom. The predicted molar refractivity (Wildman–Crippen MR) is 98.3 cm³/mol. The van der Waals surface area contributed by atoms with E-state index in [1.807, 2.05) is 0 Å². The largest absolute Gasteiger partial charge is 0.492 e. The number of benzene rings is 2. The summed E-state index contributed by atoms with van der Waals surface area (Å²) in [6, 6.07) is 10.2. The summed E-state index contributed by atoms with van der Waals surface area (Å²) < 4.78 is 11.3. The maximum Gasteiger partial charge on any atom is 0.198 e. The third-order valence-corrected chi connectivity index (χ3v) is 4.32. The van der Waals surface area contributed by atoms with Crippen molar-refractivity contribution in [1.82, 2.24) is 0 Å². The minimum absolute atomic E-state index is 0.214. The molecule has 0 unspecified atom stereocenters. The van der Waals surface area contributed by atoms with E-state index in [0.29, 0.717) is 46.5 Å². The normalized spacial score (nSPS) is 12.6. The van der Waals surface area contributed by atoms with Gasteiger partial charge in [0.05, 0.1) is 24.3 Å². The van der Waals surface area contributed by atoms with E-state index in [4.69, 9.17) is 9.47 Å². The Hall–Kier alpha value is -1.66. The smallest absolute Gasteiger partial charge is 0.198 e. The van der Waals surface area contributed by atoms with Crippen molar-refractivity contribution in [1.29, 1.82) is 0 Å². The zero-order chi connectivity index (χ0) is 17.1. The van der Waals surface area contributed by atoms with Crippen LogP contribution in [-0.4, -0.2) is 35.4 Å². The van der Waals surface area contributed by atoms with Crippen molar-refractivity contribution in [2.75, 3.05) is 23.9 Å². The number of halogens is 2. The van der Waals surface area contributed by atoms with Gasteiger partial charge in [-0.25, -0.2) is 0 Å². The Labute approximate surface area is 156 Å². The molecular formula is C18H14Br2O4. The van der Waals surface area contributed by atoms with Gasteiger partial charge in [0.1, 0.15) is 11.5 Å². The van der Waals surface area contributed by atoms with Crippen LogP contribution in [0.4, 0.5) is 0 Å². The van der Waals surface area contributed by atoms with E-state index in [0.717, 1.165) is 0 Å². The van der Waals surface area contributed by atoms with Crippen molar-refractivity contribution < 1.29 is 19.1 Å². The molecule has 0 heterocycles. The topological polar surface area (TPSA) is 52.6 Å². The number of fused-ring (bicyclic) bond motifs is 2. The first-order valence-electron chi connectivity index (χ1n) is 7.42. The maximum absolute atomic E-state index is 13.0. The highest BCUT2D eigenvalue weighted by Crippen LogP contribution is 2.38. The molecule has 6 heteroatoms. The molecule has 0 N–H and O–H groups in total. The minimum Gasteiger partial charge on any atom is -0.492 e. The summed E-state index contributed by atoms with van der Waals surface area (Å²) in [7, 11) is 0. The quantitative estimate of drug-likeness (QED) is 0.529. The first-order valence-corrected chi connectivity index (χ1v) is 9.66. The van der Waals surface area contributed by atoms with Crippen molar-refractivity contribution in [3.63, 3.8) is 0 Å². The molecule has 0 aliphatic heterocycles. The number of ketones is 2. The van der Waals surface area contributed by atoms with Crippen molar-refractivity contribution >= 4 is 43.4 Å². The first kappa shape index (κ1) is 17.2. The lowest BCUT2D eigenvalue weighted by atomic mass is 9.83. The van der Waals surface area contributed by atoms with Gasteiger partial charge >= 0.3 is 0 Å². The number of ether oxygens (including phenoxy) is 2. The molecule has 0 saturated carbocycles. The fourth-order valence-corrected chi connectivity index (χ4v) is 3.03. The van der Waals surface area contributed by atoms with Gasteiger partial charge in [0.25, 0.3) is 0 Å². The molecule has 1 aliphatic carbocycles. The number of carbonyl (C=O) groups is 2. The van der Waals surface area contributed by atoms with Gasteiger partial charge in [-0.3, -0.25) is 9.59 Å². The summed E-state index contributed by atoms with van der Waals surface area (Å²) in [6.45, 7) is 0.800. The Bertz CT molecular complexity index is 736. The number of hydrogen-bond donors (Lipinski definition) is 0. The Kier molecular flexibility index (Phi) is 5.36. The van der Waals surface area contributed by atoms with E-state index in [1.165, 1.54) is 0 Å². The van der Waals surface area contributed by atoms with Gasteiger partial charge in [0.2, 0.25) is 0 Å². The van der Waals surface area contributed by atoms with Gasteiger partial charge in [-0.1, -0.05) is 56.1 Å². The third kappa shape index (κ3) is 3.00. The fraction of sp³-hybridized carbons (Fsp3) is 0.222. The molecule has 0 amide bonds. The van der Waals surface area contributed by atoms with Crippen LogP contribution in [0.2, 0.25) is 0 Å². The SMILES string of the molecule is O=C1c2ccccc2C(=O)c2c(OCCBr)ccc(OCCBr)c21. The number of alkyl halides is 2. The molecule has 0 radical (unpaired) electrons. The standard InChI is InChI=1S/C18H14Br2O4/c19-7-9-23-13-5-6-14(24-10-8-20)16-15(13)17(21)11-3-1-2-4-12(11)18(16)22/h1-6H,7-10H2. The van der Waals surface area contributed by atoms with Crippen LogP contribution in [0.3, 0.4) is 0 Å². The van der Waals surface area contributed by atoms with Crippen LogP contribution in [0.5, 0.6) is 11.5 Å². The van der Waals surface area contributed by atoms with Gasteiger partial charge in [-0.2, -0.15) is 0 Å². The van der Waals surface area contributed by atoms with Crippen molar-refractivity contribution in [2.24, 2.45) is 0 Å². The molecule has 0 atom stereocenters. The lowest BCUT2D eigenvalue weighted by molar-refractivity contribution is 0.0972. The molecule has 0 spiro atoms. The van der Waals surface area contributed by atoms with Crippen LogP contribution in [0.15, 0.2) is 36.4 Å². The average Bonchev–Trinajstić information content (AvgIpc) is 2.62. The number of rotatable bonds is 6. The Morgan fingerprint density at radius 1 is 0.708 bits per heavy atom. The summed E-state index contributed by atoms with van der Waals surface area (Å²) in [5.74, 6) is 0.384. The Morgan fingerprint density at radius 3 is 1.50 bits per heavy atom. The molecule has 24 heavy (non-hydrogen) atoms. The number of hydrogen-bond acceptors (Lipinski definition) is 4. The third-order valence-electron chi connectivity index (χ3n) is 3.67. The van der Waals surface area contributed by atoms with Crippen molar-refractivity contribution in [3.8, 4) is 11.5 Å². The molecule has 1 aliphatic rings. The highest BCUT2D eigenvalue weighted by atomic mass is 79.9. The van der Waals surface area contributed by atoms with Crippen LogP contribution in [0, 0.1) is 0 Å². The van der Waals surface area contributed by atoms with E-state index in [1.54, 1.807) is 36.4 Å². The highest BCUT2D eigenvalue weighted by Gasteiger charge is 2.35. The maximum atomic E-state index is 13.0. The van der Waals surface area contributed by atoms with Gasteiger partial charge in [0, 0.05) is 21.8 Å². The summed E-state index contributed by atoms with van der Waals surface area (Å²) in [5.41, 5.74) is 1.37. The molecule has 0 bridgehead atoms. The molecule has 0 fully saturated rings. The summed E-state index contributed by atoms with van der Waals surface area (Å²) in [5, 5.41) is 1.25. The van der Waals surface area contributed by atoms with Crippen LogP contribution in [0.25, 0.3) is 0 Å². The summed E-state index contributed by atoms with van der Waals surface area (Å²) in [6.07, 6.45) is 0. The van der Waals surface area contributed by atoms with E-state index in [2.05, 4.69) is 31.9 Å². The second-order valence-corrected chi connectivity index (χ2v) is 6.68. The molecular weight excluding hydrogens is 440 g/mol. The monoisotopic (exact) mass is 452 g/mol. The van der Waals surface area contributed by atoms with Crippen molar-refractivity contribution in [3.05, 3.63) is 58.7 Å². The molecule has 4 nitrogen and oxygen atoms in total. The lowest BCUT2D eigenvalue weighted by Crippen LogP contribution is -2.23. The van der Waals surface area contributed by atoms with Gasteiger partial charge in [-0.05, 0) is 12.1 Å². The second-order valence-electron chi connectivity index (χ2n) is 5.09. The van der Waals surface area contributed by atoms with Gasteiger partial charge in [0.15, 0.2) is 11.6 Å². The van der Waals surface area contributed by atoms with E-state index >= 15 is 0 Å². The van der Waals surface area contributed by atoms with E-state index < -0.39 is 0 Å². The van der Waals surface area contributed by atoms with Crippen LogP contribution in [0.1, 0.15) is 31.8 Å². The van der Waals surface area contributed by atoms with Gasteiger partial charge < -0.3 is 9.47 Å². The molecule has 0 saturated heterocycles. The summed E-state index contributed by atoms with van der Waals surface area (Å²) in [4.78, 5) is 25.9. The average molecular weight is 454 g/mol. The van der Waals surface area contributed by atoms with Crippen LogP contribution in [-0.2, 0) is 0 Å². The molecule has 124 valence electrons. The minimum atomic E-state index is -0.214. The lowest BCUT2D eigenvalue weighted by Gasteiger charge is -2.22. The zero-order valence-electron chi connectivity index (χ0n) is 12.7. The van der Waals surface area contributed by atoms with Crippen molar-refractivity contribution in [2.45, 2.75) is 0 Å². The molecule has 0 aromatic heterocycles. The molecule has 2 aromatic carbocycles.